The van der Waals surface area contributed by atoms with E-state index in [9.17, 15) is 23.1 Å². The van der Waals surface area contributed by atoms with Crippen LogP contribution in [0.5, 0.6) is 5.75 Å². The highest BCUT2D eigenvalue weighted by molar-refractivity contribution is 5.96. The fourth-order valence-corrected chi connectivity index (χ4v) is 3.68. The Morgan fingerprint density at radius 2 is 1.81 bits per heavy atom. The Morgan fingerprint density at radius 1 is 1.11 bits per heavy atom. The van der Waals surface area contributed by atoms with Crippen LogP contribution in [0.2, 0.25) is 0 Å². The second-order valence-corrected chi connectivity index (χ2v) is 6.97. The van der Waals surface area contributed by atoms with E-state index < -0.39 is 11.7 Å². The van der Waals surface area contributed by atoms with Crippen LogP contribution in [0.3, 0.4) is 0 Å². The highest BCUT2D eigenvalue weighted by Gasteiger charge is 2.33. The predicted octanol–water partition coefficient (Wildman–Crippen LogP) is 4.90. The molecule has 0 aliphatic carbocycles. The Kier molecular flexibility index (Phi) is 5.73. The molecule has 0 aromatic heterocycles. The number of nitrogens with zero attached hydrogens (tertiary/aromatic N) is 1. The monoisotopic (exact) mass is 377 g/mol. The molecule has 3 nitrogen and oxygen atoms in total. The Hall–Kier alpha value is -2.50. The first-order valence-electron chi connectivity index (χ1n) is 9.08. The van der Waals surface area contributed by atoms with Gasteiger partial charge in [0.15, 0.2) is 0 Å². The first kappa shape index (κ1) is 19.3. The summed E-state index contributed by atoms with van der Waals surface area (Å²) >= 11 is 0. The van der Waals surface area contributed by atoms with E-state index in [1.54, 1.807) is 29.2 Å². The third-order valence-corrected chi connectivity index (χ3v) is 5.09. The molecule has 0 spiro atoms. The molecule has 0 unspecified atom stereocenters. The summed E-state index contributed by atoms with van der Waals surface area (Å²) in [5.41, 5.74) is -0.0160. The molecule has 1 heterocycles. The number of rotatable bonds is 4. The Labute approximate surface area is 156 Å². The van der Waals surface area contributed by atoms with Gasteiger partial charge in [0.1, 0.15) is 5.75 Å². The molecule has 2 aromatic carbocycles. The van der Waals surface area contributed by atoms with Gasteiger partial charge in [0.2, 0.25) is 0 Å². The number of benzene rings is 2. The molecule has 144 valence electrons. The van der Waals surface area contributed by atoms with Gasteiger partial charge in [0.25, 0.3) is 5.91 Å². The molecule has 1 saturated heterocycles. The van der Waals surface area contributed by atoms with Crippen LogP contribution in [-0.4, -0.2) is 29.0 Å². The zero-order valence-electron chi connectivity index (χ0n) is 14.9. The Bertz CT molecular complexity index is 804. The summed E-state index contributed by atoms with van der Waals surface area (Å²) in [5, 5.41) is 9.88. The summed E-state index contributed by atoms with van der Waals surface area (Å²) < 4.78 is 39.4. The normalized spacial score (nSPS) is 17.7. The largest absolute Gasteiger partial charge is 0.507 e. The lowest BCUT2D eigenvalue weighted by molar-refractivity contribution is -0.138. The number of phenolic OH excluding ortho intramolecular Hbond substituents is 1. The fraction of sp³-hybridized carbons (Fsp3) is 0.381. The number of carbonyl (C=O) groups is 1. The summed E-state index contributed by atoms with van der Waals surface area (Å²) in [6.07, 6.45) is -1.73. The van der Waals surface area contributed by atoms with Gasteiger partial charge < -0.3 is 10.0 Å². The minimum Gasteiger partial charge on any atom is -0.507 e. The lowest BCUT2D eigenvalue weighted by Gasteiger charge is -2.33. The molecule has 6 heteroatoms. The van der Waals surface area contributed by atoms with E-state index in [2.05, 4.69) is 0 Å². The van der Waals surface area contributed by atoms with E-state index in [1.807, 2.05) is 0 Å². The average molecular weight is 377 g/mol. The van der Waals surface area contributed by atoms with Gasteiger partial charge in [0, 0.05) is 13.1 Å². The number of amides is 1. The number of likely N-dealkylation sites (tertiary alicyclic amines) is 1. The third-order valence-electron chi connectivity index (χ3n) is 5.09. The first-order valence-corrected chi connectivity index (χ1v) is 9.08. The second kappa shape index (κ2) is 8.03. The number of piperidine rings is 1. The molecule has 0 radical (unpaired) electrons. The zero-order chi connectivity index (χ0) is 19.4. The van der Waals surface area contributed by atoms with Crippen LogP contribution in [0.15, 0.2) is 48.5 Å². The average Bonchev–Trinajstić information content (AvgIpc) is 2.66. The molecule has 3 rings (SSSR count). The number of carbonyl (C=O) groups excluding carboxylic acids is 1. The van der Waals surface area contributed by atoms with E-state index in [-0.39, 0.29) is 23.1 Å². The molecule has 1 aliphatic rings. The maximum absolute atomic E-state index is 13.1. The van der Waals surface area contributed by atoms with E-state index in [4.69, 9.17) is 0 Å². The maximum atomic E-state index is 13.1. The molecule has 2 aromatic rings. The van der Waals surface area contributed by atoms with E-state index in [1.165, 1.54) is 18.2 Å². The van der Waals surface area contributed by atoms with E-state index in [0.717, 1.165) is 18.9 Å². The summed E-state index contributed by atoms with van der Waals surface area (Å²) in [7, 11) is 0. The standard InChI is InChI=1S/C21H22F3NO2/c22-21(23,24)18-9-3-1-7-16(18)12-11-15-6-5-13-25(14-15)20(27)17-8-2-4-10-19(17)26/h1-4,7-10,15,26H,5-6,11-14H2/t15-/m1/s1. The number of alkyl halides is 3. The molecule has 1 atom stereocenters. The highest BCUT2D eigenvalue weighted by Crippen LogP contribution is 2.33. The van der Waals surface area contributed by atoms with Crippen molar-refractivity contribution in [3.8, 4) is 5.75 Å². The van der Waals surface area contributed by atoms with Crippen molar-refractivity contribution in [2.24, 2.45) is 5.92 Å². The molecular weight excluding hydrogens is 355 g/mol. The summed E-state index contributed by atoms with van der Waals surface area (Å²) in [6, 6.07) is 12.1. The van der Waals surface area contributed by atoms with E-state index in [0.29, 0.717) is 31.5 Å². The van der Waals surface area contributed by atoms with Crippen LogP contribution in [-0.2, 0) is 12.6 Å². The van der Waals surface area contributed by atoms with Gasteiger partial charge in [0.05, 0.1) is 11.1 Å². The summed E-state index contributed by atoms with van der Waals surface area (Å²) in [6.45, 7) is 1.10. The van der Waals surface area contributed by atoms with Gasteiger partial charge in [-0.25, -0.2) is 0 Å². The van der Waals surface area contributed by atoms with Gasteiger partial charge in [-0.05, 0) is 55.4 Å². The smallest absolute Gasteiger partial charge is 0.416 e. The van der Waals surface area contributed by atoms with Gasteiger partial charge in [-0.3, -0.25) is 4.79 Å². The maximum Gasteiger partial charge on any atom is 0.416 e. The number of aromatic hydroxyl groups is 1. The third kappa shape index (κ3) is 4.62. The van der Waals surface area contributed by atoms with Crippen LogP contribution >= 0.6 is 0 Å². The van der Waals surface area contributed by atoms with Gasteiger partial charge >= 0.3 is 6.18 Å². The second-order valence-electron chi connectivity index (χ2n) is 6.97. The number of hydrogen-bond donors (Lipinski definition) is 1. The first-order chi connectivity index (χ1) is 12.9. The van der Waals surface area contributed by atoms with Crippen molar-refractivity contribution in [2.75, 3.05) is 13.1 Å². The highest BCUT2D eigenvalue weighted by atomic mass is 19.4. The summed E-state index contributed by atoms with van der Waals surface area (Å²) in [4.78, 5) is 14.3. The van der Waals surface area contributed by atoms with Crippen molar-refractivity contribution >= 4 is 5.91 Å². The minimum atomic E-state index is -4.35. The van der Waals surface area contributed by atoms with E-state index >= 15 is 0 Å². The molecule has 27 heavy (non-hydrogen) atoms. The van der Waals surface area contributed by atoms with Crippen molar-refractivity contribution in [3.05, 3.63) is 65.2 Å². The lowest BCUT2D eigenvalue weighted by atomic mass is 9.90. The molecule has 0 bridgehead atoms. The number of aryl methyl sites for hydroxylation is 1. The number of para-hydroxylation sites is 1. The van der Waals surface area contributed by atoms with Crippen molar-refractivity contribution in [1.82, 2.24) is 4.90 Å². The SMILES string of the molecule is O=C(c1ccccc1O)N1CCC[C@H](CCc2ccccc2C(F)(F)F)C1. The van der Waals surface area contributed by atoms with Gasteiger partial charge in [-0.15, -0.1) is 0 Å². The van der Waals surface area contributed by atoms with Crippen LogP contribution in [0, 0.1) is 5.92 Å². The number of hydrogen-bond acceptors (Lipinski definition) is 2. The molecule has 1 amide bonds. The van der Waals surface area contributed by atoms with Crippen LogP contribution < -0.4 is 0 Å². The van der Waals surface area contributed by atoms with Gasteiger partial charge in [-0.2, -0.15) is 13.2 Å². The van der Waals surface area contributed by atoms with Crippen LogP contribution in [0.25, 0.3) is 0 Å². The van der Waals surface area contributed by atoms with Crippen molar-refractivity contribution in [2.45, 2.75) is 31.9 Å². The Morgan fingerprint density at radius 3 is 2.56 bits per heavy atom. The van der Waals surface area contributed by atoms with Crippen LogP contribution in [0.4, 0.5) is 13.2 Å². The number of halogens is 3. The molecule has 1 fully saturated rings. The molecule has 1 N–H and O–H groups in total. The molecule has 0 saturated carbocycles. The summed E-state index contributed by atoms with van der Waals surface area (Å²) in [5.74, 6) is -0.132. The van der Waals surface area contributed by atoms with Crippen molar-refractivity contribution < 1.29 is 23.1 Å². The number of phenols is 1. The zero-order valence-corrected chi connectivity index (χ0v) is 14.9. The fourth-order valence-electron chi connectivity index (χ4n) is 3.68. The molecule has 1 aliphatic heterocycles. The molecular formula is C21H22F3NO2. The Balaban J connectivity index is 1.65. The topological polar surface area (TPSA) is 40.5 Å². The van der Waals surface area contributed by atoms with Gasteiger partial charge in [-0.1, -0.05) is 30.3 Å². The lowest BCUT2D eigenvalue weighted by Crippen LogP contribution is -2.40. The van der Waals surface area contributed by atoms with Crippen molar-refractivity contribution in [1.29, 1.82) is 0 Å². The van der Waals surface area contributed by atoms with Crippen molar-refractivity contribution in [3.63, 3.8) is 0 Å². The quantitative estimate of drug-likeness (QED) is 0.824. The predicted molar refractivity (Wildman–Crippen MR) is 96.5 cm³/mol. The van der Waals surface area contributed by atoms with Crippen LogP contribution in [0.1, 0.15) is 40.7 Å². The minimum absolute atomic E-state index is 0.0521.